The lowest BCUT2D eigenvalue weighted by Crippen LogP contribution is -2.29. The highest BCUT2D eigenvalue weighted by Gasteiger charge is 2.02. The van der Waals surface area contributed by atoms with Gasteiger partial charge in [-0.05, 0) is 18.6 Å². The first-order chi connectivity index (χ1) is 7.81. The summed E-state index contributed by atoms with van der Waals surface area (Å²) in [7, 11) is 0. The van der Waals surface area contributed by atoms with Crippen LogP contribution in [0.3, 0.4) is 0 Å². The minimum absolute atomic E-state index is 0.135. The zero-order valence-electron chi connectivity index (χ0n) is 8.89. The van der Waals surface area contributed by atoms with Crippen molar-refractivity contribution in [3.63, 3.8) is 0 Å². The number of carbonyl (C=O) groups excluding carboxylic acids is 1. The SMILES string of the molecule is NNC(=O)CCCn1cnc2ccccc21. The van der Waals surface area contributed by atoms with E-state index >= 15 is 0 Å². The van der Waals surface area contributed by atoms with Gasteiger partial charge in [-0.3, -0.25) is 10.2 Å². The summed E-state index contributed by atoms with van der Waals surface area (Å²) in [6.45, 7) is 0.772. The average molecular weight is 218 g/mol. The number of nitrogens with two attached hydrogens (primary N) is 1. The van der Waals surface area contributed by atoms with Gasteiger partial charge in [-0.2, -0.15) is 0 Å². The van der Waals surface area contributed by atoms with Crippen LogP contribution in [0.4, 0.5) is 0 Å². The van der Waals surface area contributed by atoms with E-state index in [9.17, 15) is 4.79 Å². The number of para-hydroxylation sites is 2. The summed E-state index contributed by atoms with van der Waals surface area (Å²) in [6, 6.07) is 7.93. The van der Waals surface area contributed by atoms with Crippen LogP contribution in [0.1, 0.15) is 12.8 Å². The molecule has 0 saturated carbocycles. The predicted octanol–water partition coefficient (Wildman–Crippen LogP) is 0.806. The zero-order valence-corrected chi connectivity index (χ0v) is 8.89. The van der Waals surface area contributed by atoms with Crippen molar-refractivity contribution in [2.75, 3.05) is 0 Å². The fraction of sp³-hybridized carbons (Fsp3) is 0.273. The number of fused-ring (bicyclic) bond motifs is 1. The van der Waals surface area contributed by atoms with E-state index in [0.717, 1.165) is 24.0 Å². The number of nitrogens with one attached hydrogen (secondary N) is 1. The monoisotopic (exact) mass is 218 g/mol. The summed E-state index contributed by atoms with van der Waals surface area (Å²) in [5, 5.41) is 0. The number of carbonyl (C=O) groups is 1. The van der Waals surface area contributed by atoms with E-state index in [0.29, 0.717) is 6.42 Å². The Morgan fingerprint density at radius 1 is 1.44 bits per heavy atom. The maximum Gasteiger partial charge on any atom is 0.233 e. The highest BCUT2D eigenvalue weighted by atomic mass is 16.2. The van der Waals surface area contributed by atoms with Crippen molar-refractivity contribution in [3.8, 4) is 0 Å². The number of benzene rings is 1. The van der Waals surface area contributed by atoms with E-state index in [1.54, 1.807) is 6.33 Å². The number of nitrogens with zero attached hydrogens (tertiary/aromatic N) is 2. The van der Waals surface area contributed by atoms with Crippen molar-refractivity contribution in [3.05, 3.63) is 30.6 Å². The molecule has 5 heteroatoms. The number of hydrogen-bond acceptors (Lipinski definition) is 3. The Balaban J connectivity index is 2.02. The van der Waals surface area contributed by atoms with Gasteiger partial charge in [0.1, 0.15) is 0 Å². The smallest absolute Gasteiger partial charge is 0.233 e. The number of imidazole rings is 1. The third kappa shape index (κ3) is 2.20. The van der Waals surface area contributed by atoms with Crippen LogP contribution >= 0.6 is 0 Å². The Bertz CT molecular complexity index is 491. The Kier molecular flexibility index (Phi) is 3.16. The molecule has 2 aromatic rings. The van der Waals surface area contributed by atoms with E-state index in [1.807, 2.05) is 28.8 Å². The molecule has 3 N–H and O–H groups in total. The van der Waals surface area contributed by atoms with E-state index in [4.69, 9.17) is 5.84 Å². The molecule has 16 heavy (non-hydrogen) atoms. The van der Waals surface area contributed by atoms with Crippen LogP contribution in [0.25, 0.3) is 11.0 Å². The number of aromatic nitrogens is 2. The second-order valence-electron chi connectivity index (χ2n) is 3.60. The minimum Gasteiger partial charge on any atom is -0.331 e. The lowest BCUT2D eigenvalue weighted by molar-refractivity contribution is -0.121. The second kappa shape index (κ2) is 4.76. The highest BCUT2D eigenvalue weighted by Crippen LogP contribution is 2.12. The summed E-state index contributed by atoms with van der Waals surface area (Å²) in [4.78, 5) is 15.2. The van der Waals surface area contributed by atoms with E-state index in [1.165, 1.54) is 0 Å². The minimum atomic E-state index is -0.135. The molecule has 0 saturated heterocycles. The van der Waals surface area contributed by atoms with Gasteiger partial charge < -0.3 is 4.57 Å². The van der Waals surface area contributed by atoms with Crippen LogP contribution in [0.15, 0.2) is 30.6 Å². The highest BCUT2D eigenvalue weighted by molar-refractivity contribution is 5.75. The summed E-state index contributed by atoms with van der Waals surface area (Å²) >= 11 is 0. The van der Waals surface area contributed by atoms with Gasteiger partial charge in [0.25, 0.3) is 0 Å². The molecule has 1 aromatic carbocycles. The molecule has 1 amide bonds. The lowest BCUT2D eigenvalue weighted by atomic mass is 10.3. The molecule has 0 bridgehead atoms. The van der Waals surface area contributed by atoms with E-state index in [-0.39, 0.29) is 5.91 Å². The molecule has 0 spiro atoms. The van der Waals surface area contributed by atoms with E-state index in [2.05, 4.69) is 10.4 Å². The Hall–Kier alpha value is -1.88. The van der Waals surface area contributed by atoms with Gasteiger partial charge >= 0.3 is 0 Å². The van der Waals surface area contributed by atoms with Crippen LogP contribution in [-0.2, 0) is 11.3 Å². The first kappa shape index (κ1) is 10.6. The maximum absolute atomic E-state index is 10.9. The van der Waals surface area contributed by atoms with Crippen LogP contribution < -0.4 is 11.3 Å². The largest absolute Gasteiger partial charge is 0.331 e. The van der Waals surface area contributed by atoms with Crippen LogP contribution in [-0.4, -0.2) is 15.5 Å². The number of rotatable bonds is 4. The average Bonchev–Trinajstić information content (AvgIpc) is 2.73. The van der Waals surface area contributed by atoms with E-state index < -0.39 is 0 Å². The van der Waals surface area contributed by atoms with Gasteiger partial charge in [-0.1, -0.05) is 12.1 Å². The molecule has 84 valence electrons. The van der Waals surface area contributed by atoms with Crippen molar-refractivity contribution in [1.82, 2.24) is 15.0 Å². The number of aryl methyl sites for hydroxylation is 1. The van der Waals surface area contributed by atoms with Crippen molar-refractivity contribution in [2.45, 2.75) is 19.4 Å². The standard InChI is InChI=1S/C11H14N4O/c12-14-11(16)6-3-7-15-8-13-9-4-1-2-5-10(9)15/h1-2,4-5,8H,3,6-7,12H2,(H,14,16). The second-order valence-corrected chi connectivity index (χ2v) is 3.60. The van der Waals surface area contributed by atoms with Crippen molar-refractivity contribution in [2.24, 2.45) is 5.84 Å². The first-order valence-electron chi connectivity index (χ1n) is 5.20. The molecule has 1 heterocycles. The molecule has 0 unspecified atom stereocenters. The number of hydrogen-bond donors (Lipinski definition) is 2. The van der Waals surface area contributed by atoms with Gasteiger partial charge in [0.05, 0.1) is 17.4 Å². The first-order valence-corrected chi connectivity index (χ1v) is 5.20. The van der Waals surface area contributed by atoms with Crippen molar-refractivity contribution in [1.29, 1.82) is 0 Å². The molecular weight excluding hydrogens is 204 g/mol. The Labute approximate surface area is 93.2 Å². The summed E-state index contributed by atoms with van der Waals surface area (Å²) in [5.74, 6) is 4.87. The molecule has 0 radical (unpaired) electrons. The zero-order chi connectivity index (χ0) is 11.4. The maximum atomic E-state index is 10.9. The third-order valence-corrected chi connectivity index (χ3v) is 2.49. The normalized spacial score (nSPS) is 10.6. The van der Waals surface area contributed by atoms with Crippen LogP contribution in [0.2, 0.25) is 0 Å². The fourth-order valence-corrected chi connectivity index (χ4v) is 1.67. The van der Waals surface area contributed by atoms with Crippen LogP contribution in [0.5, 0.6) is 0 Å². The molecular formula is C11H14N4O. The summed E-state index contributed by atoms with van der Waals surface area (Å²) in [6.07, 6.45) is 2.98. The quantitative estimate of drug-likeness (QED) is 0.453. The van der Waals surface area contributed by atoms with Gasteiger partial charge in [0.15, 0.2) is 0 Å². The van der Waals surface area contributed by atoms with Crippen molar-refractivity contribution >= 4 is 16.9 Å². The van der Waals surface area contributed by atoms with Gasteiger partial charge in [0.2, 0.25) is 5.91 Å². The molecule has 1 aromatic heterocycles. The molecule has 0 fully saturated rings. The predicted molar refractivity (Wildman–Crippen MR) is 61.3 cm³/mol. The van der Waals surface area contributed by atoms with Crippen LogP contribution in [0, 0.1) is 0 Å². The van der Waals surface area contributed by atoms with Crippen molar-refractivity contribution < 1.29 is 4.79 Å². The third-order valence-electron chi connectivity index (χ3n) is 2.49. The molecule has 5 nitrogen and oxygen atoms in total. The topological polar surface area (TPSA) is 72.9 Å². The number of amides is 1. The molecule has 0 atom stereocenters. The summed E-state index contributed by atoms with van der Waals surface area (Å²) in [5.41, 5.74) is 4.19. The van der Waals surface area contributed by atoms with Gasteiger partial charge in [0, 0.05) is 13.0 Å². The molecule has 0 aliphatic heterocycles. The summed E-state index contributed by atoms with van der Waals surface area (Å²) < 4.78 is 2.04. The molecule has 0 aliphatic carbocycles. The van der Waals surface area contributed by atoms with Gasteiger partial charge in [-0.25, -0.2) is 10.8 Å². The Morgan fingerprint density at radius 2 is 2.25 bits per heavy atom. The molecule has 0 aliphatic rings. The fourth-order valence-electron chi connectivity index (χ4n) is 1.67. The lowest BCUT2D eigenvalue weighted by Gasteiger charge is -2.03. The Morgan fingerprint density at radius 3 is 3.06 bits per heavy atom. The molecule has 2 rings (SSSR count). The number of hydrazine groups is 1. The van der Waals surface area contributed by atoms with Gasteiger partial charge in [-0.15, -0.1) is 0 Å².